The monoisotopic (exact) mass is 479 g/mol. The lowest BCUT2D eigenvalue weighted by molar-refractivity contribution is 0.0697. The lowest BCUT2D eigenvalue weighted by Crippen LogP contribution is -2.40. The average molecular weight is 479 g/mol. The summed E-state index contributed by atoms with van der Waals surface area (Å²) >= 11 is 0. The lowest BCUT2D eigenvalue weighted by atomic mass is 10.1. The van der Waals surface area contributed by atoms with Crippen LogP contribution in [0.1, 0.15) is 16.1 Å². The molecule has 0 radical (unpaired) electrons. The van der Waals surface area contributed by atoms with E-state index in [9.17, 15) is 4.79 Å². The van der Waals surface area contributed by atoms with E-state index in [1.165, 1.54) is 18.3 Å². The number of aromatic carboxylic acids is 1. The van der Waals surface area contributed by atoms with Gasteiger partial charge in [0, 0.05) is 31.7 Å². The number of nitrogens with one attached hydrogen (secondary N) is 1. The van der Waals surface area contributed by atoms with Crippen molar-refractivity contribution in [3.05, 3.63) is 47.7 Å². The first-order chi connectivity index (χ1) is 17.2. The zero-order valence-corrected chi connectivity index (χ0v) is 19.0. The molecule has 0 spiro atoms. The fourth-order valence-electron chi connectivity index (χ4n) is 3.72. The molecule has 0 aliphatic carbocycles. The third-order valence-corrected chi connectivity index (χ3v) is 5.60. The molecular weight excluding hydrogens is 454 g/mol. The van der Waals surface area contributed by atoms with E-state index < -0.39 is 5.97 Å². The lowest BCUT2D eigenvalue weighted by Gasteiger charge is -2.30. The molecule has 2 aromatic heterocycles. The SMILES string of the molecule is O=C(O)c1ccc(-c2ccc(/C=N\Nc3nc(N4CCOCC4)nc(N4CCOCC4)n3)o2)cc1. The van der Waals surface area contributed by atoms with Gasteiger partial charge < -0.3 is 28.8 Å². The quantitative estimate of drug-likeness (QED) is 0.380. The van der Waals surface area contributed by atoms with Crippen LogP contribution in [0, 0.1) is 0 Å². The minimum absolute atomic E-state index is 0.219. The predicted octanol–water partition coefficient (Wildman–Crippen LogP) is 1.95. The Morgan fingerprint density at radius 1 is 0.886 bits per heavy atom. The van der Waals surface area contributed by atoms with Gasteiger partial charge in [0.15, 0.2) is 0 Å². The van der Waals surface area contributed by atoms with Crippen molar-refractivity contribution in [2.45, 2.75) is 0 Å². The van der Waals surface area contributed by atoms with Crippen LogP contribution in [0.3, 0.4) is 0 Å². The molecule has 2 aliphatic heterocycles. The molecule has 182 valence electrons. The number of carboxylic acid groups (broad SMARTS) is 1. The number of aromatic nitrogens is 3. The second-order valence-electron chi connectivity index (χ2n) is 7.91. The number of nitrogens with zero attached hydrogens (tertiary/aromatic N) is 6. The number of ether oxygens (including phenoxy) is 2. The van der Waals surface area contributed by atoms with Crippen LogP contribution in [-0.4, -0.2) is 84.8 Å². The molecule has 2 saturated heterocycles. The minimum Gasteiger partial charge on any atom is -0.478 e. The van der Waals surface area contributed by atoms with Gasteiger partial charge in [0.2, 0.25) is 17.8 Å². The number of morpholine rings is 2. The standard InChI is InChI=1S/C23H25N7O5/c31-20(32)17-3-1-16(2-4-17)19-6-5-18(35-19)15-24-28-21-25-22(29-7-11-33-12-8-29)27-23(26-21)30-9-13-34-14-10-30/h1-6,15H,7-14H2,(H,31,32)(H,25,26,27,28)/b24-15-. The zero-order valence-electron chi connectivity index (χ0n) is 19.0. The van der Waals surface area contributed by atoms with Gasteiger partial charge in [-0.25, -0.2) is 10.2 Å². The largest absolute Gasteiger partial charge is 0.478 e. The van der Waals surface area contributed by atoms with E-state index in [2.05, 4.69) is 35.3 Å². The Kier molecular flexibility index (Phi) is 6.82. The number of hydrogen-bond acceptors (Lipinski definition) is 11. The van der Waals surface area contributed by atoms with Crippen LogP contribution in [-0.2, 0) is 9.47 Å². The van der Waals surface area contributed by atoms with Crippen molar-refractivity contribution >= 4 is 30.0 Å². The van der Waals surface area contributed by atoms with Crippen LogP contribution < -0.4 is 15.2 Å². The molecule has 35 heavy (non-hydrogen) atoms. The summed E-state index contributed by atoms with van der Waals surface area (Å²) in [5.74, 6) is 1.63. The molecule has 12 nitrogen and oxygen atoms in total. The van der Waals surface area contributed by atoms with Gasteiger partial charge in [-0.2, -0.15) is 20.1 Å². The van der Waals surface area contributed by atoms with E-state index >= 15 is 0 Å². The Hall–Kier alpha value is -4.03. The van der Waals surface area contributed by atoms with Crippen molar-refractivity contribution < 1.29 is 23.8 Å². The summed E-state index contributed by atoms with van der Waals surface area (Å²) in [6, 6.07) is 10.0. The van der Waals surface area contributed by atoms with Gasteiger partial charge in [0.25, 0.3) is 0 Å². The molecule has 2 fully saturated rings. The molecule has 5 rings (SSSR count). The third kappa shape index (κ3) is 5.55. The van der Waals surface area contributed by atoms with Crippen molar-refractivity contribution in [3.63, 3.8) is 0 Å². The summed E-state index contributed by atoms with van der Waals surface area (Å²) < 4.78 is 16.7. The normalized spacial score (nSPS) is 16.6. The van der Waals surface area contributed by atoms with Gasteiger partial charge in [-0.15, -0.1) is 0 Å². The highest BCUT2D eigenvalue weighted by atomic mass is 16.5. The maximum Gasteiger partial charge on any atom is 0.335 e. The van der Waals surface area contributed by atoms with Crippen LogP contribution in [0.15, 0.2) is 45.9 Å². The van der Waals surface area contributed by atoms with Crippen LogP contribution in [0.25, 0.3) is 11.3 Å². The van der Waals surface area contributed by atoms with E-state index in [4.69, 9.17) is 19.0 Å². The van der Waals surface area contributed by atoms with Gasteiger partial charge in [0.1, 0.15) is 11.5 Å². The first kappa shape index (κ1) is 22.7. The van der Waals surface area contributed by atoms with Crippen LogP contribution >= 0.6 is 0 Å². The summed E-state index contributed by atoms with van der Waals surface area (Å²) in [4.78, 5) is 28.9. The van der Waals surface area contributed by atoms with Crippen molar-refractivity contribution in [1.29, 1.82) is 0 Å². The minimum atomic E-state index is -0.971. The smallest absolute Gasteiger partial charge is 0.335 e. The summed E-state index contributed by atoms with van der Waals surface area (Å²) in [5, 5.41) is 13.3. The van der Waals surface area contributed by atoms with Gasteiger partial charge in [0.05, 0.1) is 38.2 Å². The molecule has 2 N–H and O–H groups in total. The molecule has 0 bridgehead atoms. The highest BCUT2D eigenvalue weighted by Gasteiger charge is 2.20. The Balaban J connectivity index is 1.31. The summed E-state index contributed by atoms with van der Waals surface area (Å²) in [7, 11) is 0. The highest BCUT2D eigenvalue weighted by molar-refractivity contribution is 5.88. The number of benzene rings is 1. The zero-order chi connectivity index (χ0) is 24.0. The predicted molar refractivity (Wildman–Crippen MR) is 128 cm³/mol. The number of hydrogen-bond donors (Lipinski definition) is 2. The van der Waals surface area contributed by atoms with Crippen LogP contribution in [0.5, 0.6) is 0 Å². The first-order valence-electron chi connectivity index (χ1n) is 11.3. The number of anilines is 3. The second-order valence-corrected chi connectivity index (χ2v) is 7.91. The van der Waals surface area contributed by atoms with Gasteiger partial charge in [-0.05, 0) is 24.3 Å². The number of rotatable bonds is 7. The van der Waals surface area contributed by atoms with Crippen molar-refractivity contribution in [3.8, 4) is 11.3 Å². The van der Waals surface area contributed by atoms with E-state index in [-0.39, 0.29) is 5.56 Å². The molecule has 0 unspecified atom stereocenters. The Morgan fingerprint density at radius 2 is 1.49 bits per heavy atom. The van der Waals surface area contributed by atoms with Crippen LogP contribution in [0.4, 0.5) is 17.8 Å². The second kappa shape index (κ2) is 10.5. The first-order valence-corrected chi connectivity index (χ1v) is 11.3. The Labute approximate surface area is 201 Å². The van der Waals surface area contributed by atoms with E-state index in [0.717, 1.165) is 5.56 Å². The van der Waals surface area contributed by atoms with Gasteiger partial charge >= 0.3 is 5.97 Å². The summed E-state index contributed by atoms with van der Waals surface area (Å²) in [5.41, 5.74) is 3.88. The number of furan rings is 1. The molecule has 0 atom stereocenters. The van der Waals surface area contributed by atoms with Gasteiger partial charge in [-0.1, -0.05) is 12.1 Å². The maximum absolute atomic E-state index is 11.0. The van der Waals surface area contributed by atoms with Crippen molar-refractivity contribution in [1.82, 2.24) is 15.0 Å². The fraction of sp³-hybridized carbons (Fsp3) is 0.348. The topological polar surface area (TPSA) is 138 Å². The van der Waals surface area contributed by atoms with E-state index in [0.29, 0.717) is 82.0 Å². The maximum atomic E-state index is 11.0. The number of hydrazone groups is 1. The summed E-state index contributed by atoms with van der Waals surface area (Å²) in [6.45, 7) is 5.32. The van der Waals surface area contributed by atoms with E-state index in [1.807, 2.05) is 0 Å². The van der Waals surface area contributed by atoms with Crippen LogP contribution in [0.2, 0.25) is 0 Å². The van der Waals surface area contributed by atoms with Gasteiger partial charge in [-0.3, -0.25) is 0 Å². The number of carboxylic acids is 1. The molecule has 12 heteroatoms. The average Bonchev–Trinajstić information content (AvgIpc) is 3.38. The molecule has 0 amide bonds. The molecule has 0 saturated carbocycles. The Morgan fingerprint density at radius 3 is 2.06 bits per heavy atom. The molecule has 4 heterocycles. The van der Waals surface area contributed by atoms with Crippen molar-refractivity contribution in [2.75, 3.05) is 67.8 Å². The third-order valence-electron chi connectivity index (χ3n) is 5.60. The highest BCUT2D eigenvalue weighted by Crippen LogP contribution is 2.22. The van der Waals surface area contributed by atoms with Crippen molar-refractivity contribution in [2.24, 2.45) is 5.10 Å². The Bertz CT molecular complexity index is 1150. The molecule has 3 aromatic rings. The molecule has 2 aliphatic rings. The summed E-state index contributed by atoms with van der Waals surface area (Å²) in [6.07, 6.45) is 1.53. The van der Waals surface area contributed by atoms with E-state index in [1.54, 1.807) is 24.3 Å². The molecular formula is C23H25N7O5. The fourth-order valence-corrected chi connectivity index (χ4v) is 3.72. The molecule has 1 aromatic carbocycles. The number of carbonyl (C=O) groups is 1.